The first-order valence-electron chi connectivity index (χ1n) is 6.94. The van der Waals surface area contributed by atoms with Gasteiger partial charge in [-0.05, 0) is 85.7 Å². The average molecular weight is 271 g/mol. The Morgan fingerprint density at radius 3 is 1.85 bits per heavy atom. The van der Waals surface area contributed by atoms with Gasteiger partial charge in [-0.1, -0.05) is 6.07 Å². The molecule has 0 radical (unpaired) electrons. The van der Waals surface area contributed by atoms with Crippen molar-refractivity contribution in [1.82, 2.24) is 0 Å². The predicted molar refractivity (Wildman–Crippen MR) is 83.4 cm³/mol. The summed E-state index contributed by atoms with van der Waals surface area (Å²) in [5.74, 6) is -0.230. The Morgan fingerprint density at radius 2 is 1.35 bits per heavy atom. The lowest BCUT2D eigenvalue weighted by Crippen LogP contribution is -2.02. The number of benzene rings is 2. The largest absolute Gasteiger partial charge is 0.326 e. The summed E-state index contributed by atoms with van der Waals surface area (Å²) in [6, 6.07) is 5.23. The quantitative estimate of drug-likeness (QED) is 0.855. The van der Waals surface area contributed by atoms with Gasteiger partial charge in [-0.3, -0.25) is 0 Å². The molecule has 0 amide bonds. The second-order valence-electron chi connectivity index (χ2n) is 5.51. The smallest absolute Gasteiger partial charge is 0.127 e. The molecule has 0 aliphatic carbocycles. The van der Waals surface area contributed by atoms with Crippen LogP contribution in [0, 0.1) is 40.4 Å². The lowest BCUT2D eigenvalue weighted by Gasteiger charge is -2.19. The molecule has 0 saturated carbocycles. The highest BCUT2D eigenvalue weighted by Crippen LogP contribution is 2.34. The minimum Gasteiger partial charge on any atom is -0.326 e. The summed E-state index contributed by atoms with van der Waals surface area (Å²) in [6.45, 7) is 10.9. The Bertz CT molecular complexity index is 643. The third kappa shape index (κ3) is 2.25. The molecule has 0 atom stereocenters. The first kappa shape index (κ1) is 14.7. The van der Waals surface area contributed by atoms with Crippen molar-refractivity contribution in [2.24, 2.45) is 5.73 Å². The Labute approximate surface area is 120 Å². The van der Waals surface area contributed by atoms with Crippen LogP contribution in [0.2, 0.25) is 0 Å². The number of hydrogen-bond acceptors (Lipinski definition) is 1. The molecule has 0 aromatic heterocycles. The fourth-order valence-corrected chi connectivity index (χ4v) is 2.82. The van der Waals surface area contributed by atoms with E-state index < -0.39 is 0 Å². The number of rotatable bonds is 2. The summed E-state index contributed by atoms with van der Waals surface area (Å²) in [6.07, 6.45) is 0. The van der Waals surface area contributed by atoms with Crippen LogP contribution in [0.3, 0.4) is 0 Å². The summed E-state index contributed by atoms with van der Waals surface area (Å²) >= 11 is 0. The van der Waals surface area contributed by atoms with Gasteiger partial charge in [-0.25, -0.2) is 4.39 Å². The molecule has 0 aliphatic rings. The highest BCUT2D eigenvalue weighted by Gasteiger charge is 2.14. The second-order valence-corrected chi connectivity index (χ2v) is 5.51. The summed E-state index contributed by atoms with van der Waals surface area (Å²) in [5.41, 5.74) is 14.9. The zero-order valence-corrected chi connectivity index (χ0v) is 12.9. The minimum atomic E-state index is -0.230. The molecule has 2 aromatic rings. The van der Waals surface area contributed by atoms with Gasteiger partial charge in [0.05, 0.1) is 0 Å². The maximum atomic E-state index is 13.6. The van der Waals surface area contributed by atoms with Crippen LogP contribution >= 0.6 is 0 Å². The van der Waals surface area contributed by atoms with E-state index in [2.05, 4.69) is 34.6 Å². The molecule has 1 nitrogen and oxygen atoms in total. The van der Waals surface area contributed by atoms with E-state index >= 15 is 0 Å². The second kappa shape index (κ2) is 5.37. The van der Waals surface area contributed by atoms with Gasteiger partial charge in [0, 0.05) is 12.1 Å². The van der Waals surface area contributed by atoms with E-state index in [1.165, 1.54) is 39.4 Å². The summed E-state index contributed by atoms with van der Waals surface area (Å²) in [4.78, 5) is 0. The molecule has 0 saturated heterocycles. The molecule has 0 bridgehead atoms. The van der Waals surface area contributed by atoms with Gasteiger partial charge >= 0.3 is 0 Å². The first-order valence-corrected chi connectivity index (χ1v) is 6.94. The maximum absolute atomic E-state index is 13.6. The molecule has 2 heteroatoms. The lowest BCUT2D eigenvalue weighted by atomic mass is 9.86. The molecule has 2 N–H and O–H groups in total. The molecule has 0 aliphatic heterocycles. The van der Waals surface area contributed by atoms with Crippen LogP contribution in [-0.4, -0.2) is 0 Å². The van der Waals surface area contributed by atoms with E-state index in [1.807, 2.05) is 12.1 Å². The van der Waals surface area contributed by atoms with Crippen LogP contribution in [0.25, 0.3) is 11.1 Å². The molecule has 0 spiro atoms. The SMILES string of the molecule is Cc1c(C)c(C)c(-c2ccc(F)c(CN)c2)c(C)c1C. The van der Waals surface area contributed by atoms with Crippen LogP contribution in [0.1, 0.15) is 33.4 Å². The standard InChI is InChI=1S/C18H22FN/c1-10-11(2)13(4)18(14(5)12(10)3)15-6-7-17(19)16(8-15)9-20/h6-8H,9,20H2,1-5H3. The maximum Gasteiger partial charge on any atom is 0.127 e. The molecule has 0 heterocycles. The van der Waals surface area contributed by atoms with E-state index in [4.69, 9.17) is 5.73 Å². The molecular weight excluding hydrogens is 249 g/mol. The van der Waals surface area contributed by atoms with Crippen molar-refractivity contribution in [3.05, 3.63) is 57.4 Å². The Morgan fingerprint density at radius 1 is 0.850 bits per heavy atom. The zero-order valence-electron chi connectivity index (χ0n) is 12.9. The van der Waals surface area contributed by atoms with E-state index in [1.54, 1.807) is 0 Å². The molecule has 20 heavy (non-hydrogen) atoms. The van der Waals surface area contributed by atoms with E-state index in [9.17, 15) is 4.39 Å². The van der Waals surface area contributed by atoms with Crippen LogP contribution in [0.5, 0.6) is 0 Å². The van der Waals surface area contributed by atoms with Crippen molar-refractivity contribution in [3.63, 3.8) is 0 Å². The molecule has 106 valence electrons. The van der Waals surface area contributed by atoms with Gasteiger partial charge in [-0.2, -0.15) is 0 Å². The highest BCUT2D eigenvalue weighted by molar-refractivity contribution is 5.75. The molecule has 0 unspecified atom stereocenters. The van der Waals surface area contributed by atoms with Crippen molar-refractivity contribution in [1.29, 1.82) is 0 Å². The first-order chi connectivity index (χ1) is 9.38. The monoisotopic (exact) mass is 271 g/mol. The van der Waals surface area contributed by atoms with Crippen molar-refractivity contribution < 1.29 is 4.39 Å². The lowest BCUT2D eigenvalue weighted by molar-refractivity contribution is 0.611. The van der Waals surface area contributed by atoms with E-state index in [0.29, 0.717) is 5.56 Å². The van der Waals surface area contributed by atoms with Crippen LogP contribution in [0.4, 0.5) is 4.39 Å². The molecule has 0 fully saturated rings. The Balaban J connectivity index is 2.76. The van der Waals surface area contributed by atoms with Crippen molar-refractivity contribution in [2.45, 2.75) is 41.2 Å². The predicted octanol–water partition coefficient (Wildman–Crippen LogP) is 4.49. The molecule has 2 rings (SSSR count). The van der Waals surface area contributed by atoms with Gasteiger partial charge in [0.1, 0.15) is 5.82 Å². The van der Waals surface area contributed by atoms with Gasteiger partial charge in [0.15, 0.2) is 0 Å². The summed E-state index contributed by atoms with van der Waals surface area (Å²) < 4.78 is 13.6. The topological polar surface area (TPSA) is 26.0 Å². The summed E-state index contributed by atoms with van der Waals surface area (Å²) in [7, 11) is 0. The van der Waals surface area contributed by atoms with Crippen LogP contribution < -0.4 is 5.73 Å². The molecule has 2 aromatic carbocycles. The van der Waals surface area contributed by atoms with Gasteiger partial charge in [0.25, 0.3) is 0 Å². The van der Waals surface area contributed by atoms with Gasteiger partial charge < -0.3 is 5.73 Å². The third-order valence-corrected chi connectivity index (χ3v) is 4.55. The fourth-order valence-electron chi connectivity index (χ4n) is 2.82. The van der Waals surface area contributed by atoms with Crippen molar-refractivity contribution >= 4 is 0 Å². The molecular formula is C18H22FN. The number of halogens is 1. The third-order valence-electron chi connectivity index (χ3n) is 4.55. The average Bonchev–Trinajstić information content (AvgIpc) is 2.45. The van der Waals surface area contributed by atoms with Gasteiger partial charge in [0.2, 0.25) is 0 Å². The Hall–Kier alpha value is -1.67. The van der Waals surface area contributed by atoms with Gasteiger partial charge in [-0.15, -0.1) is 0 Å². The zero-order chi connectivity index (χ0) is 15.0. The fraction of sp³-hybridized carbons (Fsp3) is 0.333. The normalized spacial score (nSPS) is 10.9. The van der Waals surface area contributed by atoms with Crippen molar-refractivity contribution in [3.8, 4) is 11.1 Å². The minimum absolute atomic E-state index is 0.224. The van der Waals surface area contributed by atoms with Crippen molar-refractivity contribution in [2.75, 3.05) is 0 Å². The van der Waals surface area contributed by atoms with Crippen LogP contribution in [0.15, 0.2) is 18.2 Å². The number of nitrogens with two attached hydrogens (primary N) is 1. The van der Waals surface area contributed by atoms with Crippen LogP contribution in [-0.2, 0) is 6.54 Å². The number of hydrogen-bond donors (Lipinski definition) is 1. The highest BCUT2D eigenvalue weighted by atomic mass is 19.1. The van der Waals surface area contributed by atoms with E-state index in [0.717, 1.165) is 5.56 Å². The Kier molecular flexibility index (Phi) is 3.96. The van der Waals surface area contributed by atoms with E-state index in [-0.39, 0.29) is 12.4 Å². The summed E-state index contributed by atoms with van der Waals surface area (Å²) in [5, 5.41) is 0.